The smallest absolute Gasteiger partial charge is 0.261 e. The van der Waals surface area contributed by atoms with E-state index in [0.29, 0.717) is 44.9 Å². The second-order valence-electron chi connectivity index (χ2n) is 8.05. The van der Waals surface area contributed by atoms with Crippen molar-refractivity contribution in [3.05, 3.63) is 117 Å². The van der Waals surface area contributed by atoms with Gasteiger partial charge in [0, 0.05) is 21.2 Å². The van der Waals surface area contributed by atoms with Gasteiger partial charge in [-0.25, -0.2) is 4.98 Å². The highest BCUT2D eigenvalue weighted by atomic mass is 35.5. The van der Waals surface area contributed by atoms with E-state index in [0.717, 1.165) is 16.8 Å². The Morgan fingerprint density at radius 1 is 0.824 bits per heavy atom. The molecule has 3 heterocycles. The van der Waals surface area contributed by atoms with Gasteiger partial charge in [0.05, 0.1) is 47.5 Å². The van der Waals surface area contributed by atoms with Crippen LogP contribution in [0.1, 0.15) is 43.4 Å². The number of carbonyl (C=O) groups excluding carboxylic acids is 2. The van der Waals surface area contributed by atoms with Gasteiger partial charge >= 0.3 is 0 Å². The Morgan fingerprint density at radius 2 is 1.50 bits per heavy atom. The number of imidazole rings is 1. The molecule has 4 aromatic rings. The van der Waals surface area contributed by atoms with E-state index in [1.165, 1.54) is 4.90 Å². The van der Waals surface area contributed by atoms with E-state index in [-0.39, 0.29) is 18.4 Å². The van der Waals surface area contributed by atoms with Crippen LogP contribution in [0.5, 0.6) is 0 Å². The molecule has 0 unspecified atom stereocenters. The van der Waals surface area contributed by atoms with Crippen LogP contribution in [0.4, 0.5) is 0 Å². The summed E-state index contributed by atoms with van der Waals surface area (Å²) in [5.41, 5.74) is 4.63. The average Bonchev–Trinajstić information content (AvgIpc) is 3.29. The summed E-state index contributed by atoms with van der Waals surface area (Å²) in [7, 11) is 0. The average molecular weight is 487 g/mol. The minimum absolute atomic E-state index is 0.0862. The highest BCUT2D eigenvalue weighted by Gasteiger charge is 2.36. The van der Waals surface area contributed by atoms with Crippen molar-refractivity contribution < 1.29 is 9.59 Å². The van der Waals surface area contributed by atoms with Gasteiger partial charge in [0.15, 0.2) is 0 Å². The van der Waals surface area contributed by atoms with Crippen molar-refractivity contribution in [3.63, 3.8) is 0 Å². The number of carbonyl (C=O) groups is 2. The van der Waals surface area contributed by atoms with Crippen LogP contribution in [0.15, 0.2) is 77.9 Å². The van der Waals surface area contributed by atoms with Crippen LogP contribution in [-0.2, 0) is 13.1 Å². The van der Waals surface area contributed by atoms with Crippen molar-refractivity contribution >= 4 is 40.7 Å². The first kappa shape index (κ1) is 20.8. The summed E-state index contributed by atoms with van der Waals surface area (Å²) in [5.74, 6) is 0.0699. The van der Waals surface area contributed by atoms with E-state index in [2.05, 4.69) is 4.98 Å². The number of imide groups is 1. The minimum Gasteiger partial charge on any atom is -0.297 e. The number of rotatable bonds is 3. The Bertz CT molecular complexity index is 1500. The van der Waals surface area contributed by atoms with Crippen molar-refractivity contribution in [3.8, 4) is 5.69 Å². The van der Waals surface area contributed by atoms with Gasteiger partial charge in [-0.3, -0.25) is 24.0 Å². The molecule has 3 aromatic carbocycles. The van der Waals surface area contributed by atoms with Crippen LogP contribution in [0, 0.1) is 0 Å². The van der Waals surface area contributed by atoms with Crippen LogP contribution in [0.3, 0.4) is 0 Å². The Morgan fingerprint density at radius 3 is 2.21 bits per heavy atom. The normalized spacial score (nSPS) is 14.4. The Labute approximate surface area is 205 Å². The number of nitrogens with zero attached hydrogens (tertiary/aromatic N) is 4. The lowest BCUT2D eigenvalue weighted by atomic mass is 10.0. The molecule has 0 saturated carbocycles. The Balaban J connectivity index is 1.46. The van der Waals surface area contributed by atoms with Crippen LogP contribution >= 0.6 is 23.2 Å². The molecule has 8 heteroatoms. The number of amides is 2. The maximum absolute atomic E-state index is 13.0. The van der Waals surface area contributed by atoms with Crippen molar-refractivity contribution in [2.45, 2.75) is 13.1 Å². The molecule has 0 fully saturated rings. The third-order valence-electron chi connectivity index (χ3n) is 6.07. The summed E-state index contributed by atoms with van der Waals surface area (Å²) < 4.78 is 1.95. The lowest BCUT2D eigenvalue weighted by Crippen LogP contribution is -2.30. The van der Waals surface area contributed by atoms with Gasteiger partial charge in [-0.15, -0.1) is 0 Å². The largest absolute Gasteiger partial charge is 0.297 e. The molecule has 6 rings (SSSR count). The monoisotopic (exact) mass is 486 g/mol. The molecule has 2 aliphatic rings. The molecule has 34 heavy (non-hydrogen) atoms. The molecule has 6 nitrogen and oxygen atoms in total. The summed E-state index contributed by atoms with van der Waals surface area (Å²) in [5, 5.41) is 1.14. The summed E-state index contributed by atoms with van der Waals surface area (Å²) in [6.45, 7) is 0.387. The maximum atomic E-state index is 13.0. The summed E-state index contributed by atoms with van der Waals surface area (Å²) in [6.07, 6.45) is 1.69. The highest BCUT2D eigenvalue weighted by molar-refractivity contribution is 6.36. The second kappa shape index (κ2) is 7.94. The quantitative estimate of drug-likeness (QED) is 0.367. The molecule has 0 bridgehead atoms. The van der Waals surface area contributed by atoms with E-state index in [9.17, 15) is 9.59 Å². The molecule has 0 atom stereocenters. The third kappa shape index (κ3) is 3.18. The molecule has 0 spiro atoms. The zero-order valence-electron chi connectivity index (χ0n) is 17.7. The fourth-order valence-corrected chi connectivity index (χ4v) is 4.90. The van der Waals surface area contributed by atoms with Crippen LogP contribution in [-0.4, -0.2) is 32.0 Å². The third-order valence-corrected chi connectivity index (χ3v) is 6.63. The number of aliphatic imine (C=N–C) groups is 1. The van der Waals surface area contributed by atoms with E-state index < -0.39 is 0 Å². The number of hydrogen-bond acceptors (Lipinski definition) is 4. The molecular formula is C26H16Cl2N4O2. The number of fused-ring (bicyclic) bond motifs is 4. The van der Waals surface area contributed by atoms with Gasteiger partial charge in [-0.1, -0.05) is 53.5 Å². The molecular weight excluding hydrogens is 471 g/mol. The predicted molar refractivity (Wildman–Crippen MR) is 130 cm³/mol. The molecule has 166 valence electrons. The van der Waals surface area contributed by atoms with E-state index in [4.69, 9.17) is 28.2 Å². The van der Waals surface area contributed by atoms with Gasteiger partial charge in [0.25, 0.3) is 11.8 Å². The first-order valence-corrected chi connectivity index (χ1v) is 11.4. The Kier molecular flexibility index (Phi) is 4.86. The highest BCUT2D eigenvalue weighted by Crippen LogP contribution is 2.32. The second-order valence-corrected chi connectivity index (χ2v) is 8.89. The first-order chi connectivity index (χ1) is 16.5. The van der Waals surface area contributed by atoms with Crippen LogP contribution < -0.4 is 0 Å². The number of halogens is 2. The van der Waals surface area contributed by atoms with Crippen molar-refractivity contribution in [2.75, 3.05) is 0 Å². The van der Waals surface area contributed by atoms with E-state index in [1.54, 1.807) is 36.5 Å². The first-order valence-electron chi connectivity index (χ1n) is 10.6. The number of benzene rings is 3. The lowest BCUT2D eigenvalue weighted by Gasteiger charge is -2.18. The Hall–Kier alpha value is -3.74. The van der Waals surface area contributed by atoms with Gasteiger partial charge < -0.3 is 0 Å². The molecule has 1 aromatic heterocycles. The van der Waals surface area contributed by atoms with Gasteiger partial charge in [0.1, 0.15) is 5.82 Å². The predicted octanol–water partition coefficient (Wildman–Crippen LogP) is 5.33. The standard InChI is InChI=1S/C26H16Cl2N4O2/c27-15-9-10-22-20(11-15)24(19-7-3-4-8-21(19)28)30-13-23-29-12-16(32(22)23)14-31-25(33)17-5-1-2-6-18(17)26(31)34/h1-12H,13-14H2. The molecule has 2 amide bonds. The van der Waals surface area contributed by atoms with Crippen molar-refractivity contribution in [1.82, 2.24) is 14.5 Å². The van der Waals surface area contributed by atoms with E-state index >= 15 is 0 Å². The molecule has 0 aliphatic carbocycles. The molecule has 0 saturated heterocycles. The summed E-state index contributed by atoms with van der Waals surface area (Å²) in [6, 6.07) is 19.9. The zero-order chi connectivity index (χ0) is 23.4. The lowest BCUT2D eigenvalue weighted by molar-refractivity contribution is 0.0639. The minimum atomic E-state index is -0.311. The van der Waals surface area contributed by atoms with Crippen molar-refractivity contribution in [2.24, 2.45) is 4.99 Å². The summed E-state index contributed by atoms with van der Waals surface area (Å²) in [4.78, 5) is 36.6. The fourth-order valence-electron chi connectivity index (χ4n) is 4.50. The van der Waals surface area contributed by atoms with Gasteiger partial charge in [-0.05, 0) is 36.4 Å². The van der Waals surface area contributed by atoms with Crippen LogP contribution in [0.25, 0.3) is 5.69 Å². The van der Waals surface area contributed by atoms with E-state index in [1.807, 2.05) is 41.0 Å². The molecule has 2 aliphatic heterocycles. The maximum Gasteiger partial charge on any atom is 0.261 e. The number of aromatic nitrogens is 2. The van der Waals surface area contributed by atoms with Crippen molar-refractivity contribution in [1.29, 1.82) is 0 Å². The zero-order valence-corrected chi connectivity index (χ0v) is 19.2. The fraction of sp³-hybridized carbons (Fsp3) is 0.0769. The molecule has 0 N–H and O–H groups in total. The SMILES string of the molecule is O=C1c2ccccc2C(=O)N1Cc1cnc2n1-c1ccc(Cl)cc1C(c1ccccc1Cl)=NC2. The van der Waals surface area contributed by atoms with Crippen LogP contribution in [0.2, 0.25) is 10.0 Å². The van der Waals surface area contributed by atoms with Gasteiger partial charge in [-0.2, -0.15) is 0 Å². The number of hydrogen-bond donors (Lipinski definition) is 0. The molecule has 0 radical (unpaired) electrons. The van der Waals surface area contributed by atoms with Gasteiger partial charge in [0.2, 0.25) is 0 Å². The topological polar surface area (TPSA) is 67.6 Å². The summed E-state index contributed by atoms with van der Waals surface area (Å²) >= 11 is 12.9.